The number of hydrogen-bond donors (Lipinski definition) is 0. The monoisotopic (exact) mass is 220 g/mol. The van der Waals surface area contributed by atoms with Gasteiger partial charge in [0.1, 0.15) is 0 Å². The quantitative estimate of drug-likeness (QED) is 0.588. The Morgan fingerprint density at radius 2 is 1.55 bits per heavy atom. The van der Waals surface area contributed by atoms with Crippen molar-refractivity contribution < 1.29 is 0 Å². The molecule has 0 nitrogen and oxygen atoms in total. The van der Waals surface area contributed by atoms with E-state index in [0.717, 1.165) is 17.2 Å². The molecule has 11 heavy (non-hydrogen) atoms. The van der Waals surface area contributed by atoms with Crippen LogP contribution in [0.15, 0.2) is 0 Å². The van der Waals surface area contributed by atoms with Crippen molar-refractivity contribution >= 4 is 15.9 Å². The van der Waals surface area contributed by atoms with Gasteiger partial charge in [-0.2, -0.15) is 0 Å². The fraction of sp³-hybridized carbons (Fsp3) is 1.00. The van der Waals surface area contributed by atoms with Crippen LogP contribution in [0.2, 0.25) is 0 Å². The molecule has 1 heteroatoms. The number of hydrogen-bond acceptors (Lipinski definition) is 0. The van der Waals surface area contributed by atoms with Crippen molar-refractivity contribution in [2.24, 2.45) is 11.8 Å². The highest BCUT2D eigenvalue weighted by Crippen LogP contribution is 2.17. The van der Waals surface area contributed by atoms with Gasteiger partial charge in [0.2, 0.25) is 0 Å². The molecule has 0 spiro atoms. The van der Waals surface area contributed by atoms with E-state index in [0.29, 0.717) is 0 Å². The molecule has 2 unspecified atom stereocenters. The summed E-state index contributed by atoms with van der Waals surface area (Å²) >= 11 is 3.50. The summed E-state index contributed by atoms with van der Waals surface area (Å²) in [4.78, 5) is 0. The van der Waals surface area contributed by atoms with Crippen LogP contribution >= 0.6 is 15.9 Å². The van der Waals surface area contributed by atoms with E-state index in [1.165, 1.54) is 25.7 Å². The molecule has 0 N–H and O–H groups in total. The summed E-state index contributed by atoms with van der Waals surface area (Å²) in [6.45, 7) is 6.95. The predicted molar refractivity (Wildman–Crippen MR) is 56.3 cm³/mol. The fourth-order valence-corrected chi connectivity index (χ4v) is 1.61. The van der Waals surface area contributed by atoms with Crippen molar-refractivity contribution in [3.05, 3.63) is 0 Å². The average Bonchev–Trinajstić information content (AvgIpc) is 2.01. The zero-order chi connectivity index (χ0) is 8.69. The molecule has 0 aromatic rings. The topological polar surface area (TPSA) is 0 Å². The maximum Gasteiger partial charge on any atom is 0.00570 e. The smallest absolute Gasteiger partial charge is 0.00570 e. The molecule has 0 aliphatic carbocycles. The second kappa shape index (κ2) is 7.15. The zero-order valence-corrected chi connectivity index (χ0v) is 9.65. The molecule has 0 saturated carbocycles. The highest BCUT2D eigenvalue weighted by Gasteiger charge is 2.04. The highest BCUT2D eigenvalue weighted by atomic mass is 79.9. The maximum atomic E-state index is 3.50. The molecule has 0 aliphatic rings. The Morgan fingerprint density at radius 1 is 1.00 bits per heavy atom. The first-order chi connectivity index (χ1) is 5.20. The van der Waals surface area contributed by atoms with Crippen molar-refractivity contribution in [3.63, 3.8) is 0 Å². The lowest BCUT2D eigenvalue weighted by Crippen LogP contribution is -2.00. The van der Waals surface area contributed by atoms with Crippen LogP contribution in [0.1, 0.15) is 46.5 Å². The SMILES string of the molecule is CCCC(C)CCC(C)CBr. The third-order valence-corrected chi connectivity index (χ3v) is 3.30. The molecule has 0 saturated heterocycles. The Hall–Kier alpha value is 0.480. The summed E-state index contributed by atoms with van der Waals surface area (Å²) in [5.74, 6) is 1.79. The number of rotatable bonds is 6. The first-order valence-electron chi connectivity index (χ1n) is 4.76. The molecule has 0 amide bonds. The largest absolute Gasteiger partial charge is 0.0925 e. The zero-order valence-electron chi connectivity index (χ0n) is 8.07. The van der Waals surface area contributed by atoms with E-state index >= 15 is 0 Å². The number of alkyl halides is 1. The van der Waals surface area contributed by atoms with Crippen LogP contribution in [0.5, 0.6) is 0 Å². The molecule has 0 radical (unpaired) electrons. The molecule has 0 aromatic carbocycles. The summed E-state index contributed by atoms with van der Waals surface area (Å²) in [7, 11) is 0. The molecule has 2 atom stereocenters. The lowest BCUT2D eigenvalue weighted by atomic mass is 9.96. The summed E-state index contributed by atoms with van der Waals surface area (Å²) in [5, 5.41) is 1.16. The third kappa shape index (κ3) is 6.86. The lowest BCUT2D eigenvalue weighted by molar-refractivity contribution is 0.428. The molecular formula is C10H21Br. The maximum absolute atomic E-state index is 3.50. The van der Waals surface area contributed by atoms with E-state index in [-0.39, 0.29) is 0 Å². The van der Waals surface area contributed by atoms with Crippen molar-refractivity contribution in [2.45, 2.75) is 46.5 Å². The standard InChI is InChI=1S/C10H21Br/c1-4-5-9(2)6-7-10(3)8-11/h9-10H,4-8H2,1-3H3. The second-order valence-corrected chi connectivity index (χ2v) is 4.38. The van der Waals surface area contributed by atoms with Gasteiger partial charge in [-0.15, -0.1) is 0 Å². The third-order valence-electron chi connectivity index (χ3n) is 2.20. The number of halogens is 1. The summed E-state index contributed by atoms with van der Waals surface area (Å²) in [6, 6.07) is 0. The normalized spacial score (nSPS) is 16.4. The van der Waals surface area contributed by atoms with Gasteiger partial charge in [0.05, 0.1) is 0 Å². The van der Waals surface area contributed by atoms with Gasteiger partial charge in [0.15, 0.2) is 0 Å². The molecule has 0 aliphatic heterocycles. The summed E-state index contributed by atoms with van der Waals surface area (Å²) < 4.78 is 0. The molecule has 0 aromatic heterocycles. The fourth-order valence-electron chi connectivity index (χ4n) is 1.28. The Morgan fingerprint density at radius 3 is 2.00 bits per heavy atom. The van der Waals surface area contributed by atoms with E-state index in [9.17, 15) is 0 Å². The molecule has 0 heterocycles. The average molecular weight is 221 g/mol. The summed E-state index contributed by atoms with van der Waals surface area (Å²) in [5.41, 5.74) is 0. The Kier molecular flexibility index (Phi) is 7.46. The Labute approximate surface area is 79.9 Å². The Bertz CT molecular complexity index is 80.9. The van der Waals surface area contributed by atoms with Crippen LogP contribution in [-0.4, -0.2) is 5.33 Å². The van der Waals surface area contributed by atoms with E-state index < -0.39 is 0 Å². The van der Waals surface area contributed by atoms with E-state index in [1.54, 1.807) is 0 Å². The molecular weight excluding hydrogens is 200 g/mol. The van der Waals surface area contributed by atoms with Crippen molar-refractivity contribution in [1.82, 2.24) is 0 Å². The van der Waals surface area contributed by atoms with Gasteiger partial charge in [0, 0.05) is 5.33 Å². The van der Waals surface area contributed by atoms with Crippen LogP contribution in [-0.2, 0) is 0 Å². The first kappa shape index (κ1) is 11.5. The van der Waals surface area contributed by atoms with Gasteiger partial charge in [-0.05, 0) is 18.3 Å². The van der Waals surface area contributed by atoms with Crippen LogP contribution in [0, 0.1) is 11.8 Å². The molecule has 0 fully saturated rings. The molecule has 0 bridgehead atoms. The van der Waals surface area contributed by atoms with Crippen molar-refractivity contribution in [1.29, 1.82) is 0 Å². The van der Waals surface area contributed by atoms with Crippen LogP contribution < -0.4 is 0 Å². The van der Waals surface area contributed by atoms with E-state index in [2.05, 4.69) is 36.7 Å². The van der Waals surface area contributed by atoms with Crippen LogP contribution in [0.4, 0.5) is 0 Å². The minimum atomic E-state index is 0.856. The first-order valence-corrected chi connectivity index (χ1v) is 5.88. The minimum absolute atomic E-state index is 0.856. The van der Waals surface area contributed by atoms with Gasteiger partial charge in [-0.1, -0.05) is 56.0 Å². The minimum Gasteiger partial charge on any atom is -0.0925 e. The van der Waals surface area contributed by atoms with Crippen LogP contribution in [0.25, 0.3) is 0 Å². The van der Waals surface area contributed by atoms with Gasteiger partial charge in [-0.25, -0.2) is 0 Å². The van der Waals surface area contributed by atoms with E-state index in [4.69, 9.17) is 0 Å². The summed E-state index contributed by atoms with van der Waals surface area (Å²) in [6.07, 6.45) is 5.52. The molecule has 68 valence electrons. The van der Waals surface area contributed by atoms with Gasteiger partial charge >= 0.3 is 0 Å². The van der Waals surface area contributed by atoms with Crippen LogP contribution in [0.3, 0.4) is 0 Å². The van der Waals surface area contributed by atoms with Crippen molar-refractivity contribution in [2.75, 3.05) is 5.33 Å². The molecule has 0 rings (SSSR count). The van der Waals surface area contributed by atoms with Crippen molar-refractivity contribution in [3.8, 4) is 0 Å². The van der Waals surface area contributed by atoms with E-state index in [1.807, 2.05) is 0 Å². The lowest BCUT2D eigenvalue weighted by Gasteiger charge is -2.12. The van der Waals surface area contributed by atoms with Gasteiger partial charge in [0.25, 0.3) is 0 Å². The van der Waals surface area contributed by atoms with Gasteiger partial charge < -0.3 is 0 Å². The second-order valence-electron chi connectivity index (χ2n) is 3.73. The Balaban J connectivity index is 3.22. The van der Waals surface area contributed by atoms with Gasteiger partial charge in [-0.3, -0.25) is 0 Å². The highest BCUT2D eigenvalue weighted by molar-refractivity contribution is 9.09. The predicted octanol–water partition coefficient (Wildman–Crippen LogP) is 4.23.